The van der Waals surface area contributed by atoms with Gasteiger partial charge >= 0.3 is 5.97 Å². The molecule has 0 aliphatic heterocycles. The third kappa shape index (κ3) is 4.00. The van der Waals surface area contributed by atoms with E-state index in [2.05, 4.69) is 0 Å². The van der Waals surface area contributed by atoms with Gasteiger partial charge in [-0.05, 0) is 30.3 Å². The highest BCUT2D eigenvalue weighted by atomic mass is 32.2. The third-order valence-corrected chi connectivity index (χ3v) is 5.09. The van der Waals surface area contributed by atoms with Crippen LogP contribution in [0.25, 0.3) is 0 Å². The maximum Gasteiger partial charge on any atom is 0.324 e. The molecule has 7 nitrogen and oxygen atoms in total. The zero-order valence-corrected chi connectivity index (χ0v) is 14.3. The summed E-state index contributed by atoms with van der Waals surface area (Å²) in [4.78, 5) is 10.9. The van der Waals surface area contributed by atoms with Gasteiger partial charge in [-0.15, -0.1) is 0 Å². The molecule has 0 spiro atoms. The molecule has 0 bridgehead atoms. The minimum absolute atomic E-state index is 0.0998. The van der Waals surface area contributed by atoms with Crippen molar-refractivity contribution >= 4 is 21.7 Å². The number of carboxylic acid groups (broad SMARTS) is 1. The van der Waals surface area contributed by atoms with Crippen molar-refractivity contribution in [2.45, 2.75) is 4.90 Å². The molecular formula is C16H16FNO6S. The van der Waals surface area contributed by atoms with E-state index in [0.29, 0.717) is 10.1 Å². The number of methoxy groups -OCH3 is 2. The Balaban J connectivity index is 2.57. The fraction of sp³-hybridized carbons (Fsp3) is 0.188. The second-order valence-corrected chi connectivity index (χ2v) is 6.76. The lowest BCUT2D eigenvalue weighted by molar-refractivity contribution is -0.135. The summed E-state index contributed by atoms with van der Waals surface area (Å²) in [6, 6.07) is 8.53. The first-order valence-electron chi connectivity index (χ1n) is 7.01. The Morgan fingerprint density at radius 1 is 1.12 bits per heavy atom. The molecule has 0 saturated carbocycles. The Hall–Kier alpha value is -2.81. The van der Waals surface area contributed by atoms with E-state index in [1.54, 1.807) is 0 Å². The molecule has 0 aliphatic carbocycles. The third-order valence-electron chi connectivity index (χ3n) is 3.32. The normalized spacial score (nSPS) is 11.0. The molecule has 0 unspecified atom stereocenters. The monoisotopic (exact) mass is 369 g/mol. The molecule has 134 valence electrons. The van der Waals surface area contributed by atoms with E-state index in [9.17, 15) is 17.6 Å². The number of carboxylic acids is 1. The van der Waals surface area contributed by atoms with E-state index >= 15 is 0 Å². The van der Waals surface area contributed by atoms with Gasteiger partial charge in [0.25, 0.3) is 10.0 Å². The average Bonchev–Trinajstić information content (AvgIpc) is 2.58. The quantitative estimate of drug-likeness (QED) is 0.804. The number of nitrogens with zero attached hydrogens (tertiary/aromatic N) is 1. The number of ether oxygens (including phenoxy) is 2. The first kappa shape index (κ1) is 18.5. The summed E-state index contributed by atoms with van der Waals surface area (Å²) in [6.45, 7) is -0.861. The van der Waals surface area contributed by atoms with E-state index in [1.165, 1.54) is 44.6 Å². The van der Waals surface area contributed by atoms with E-state index in [-0.39, 0.29) is 16.3 Å². The Morgan fingerprint density at radius 2 is 1.80 bits per heavy atom. The summed E-state index contributed by atoms with van der Waals surface area (Å²) in [5.41, 5.74) is -0.0998. The Kier molecular flexibility index (Phi) is 5.48. The van der Waals surface area contributed by atoms with Crippen molar-refractivity contribution in [1.82, 2.24) is 0 Å². The van der Waals surface area contributed by atoms with Gasteiger partial charge in [0.05, 0.1) is 24.8 Å². The topological polar surface area (TPSA) is 93.1 Å². The molecular weight excluding hydrogens is 353 g/mol. The van der Waals surface area contributed by atoms with Crippen molar-refractivity contribution in [3.05, 3.63) is 48.3 Å². The zero-order chi connectivity index (χ0) is 18.6. The van der Waals surface area contributed by atoms with Gasteiger partial charge in [-0.1, -0.05) is 6.07 Å². The first-order valence-corrected chi connectivity index (χ1v) is 8.45. The molecule has 9 heteroatoms. The van der Waals surface area contributed by atoms with Crippen LogP contribution in [0, 0.1) is 5.82 Å². The fourth-order valence-electron chi connectivity index (χ4n) is 2.17. The molecule has 1 N–H and O–H groups in total. The van der Waals surface area contributed by atoms with Crippen LogP contribution >= 0.6 is 0 Å². The van der Waals surface area contributed by atoms with E-state index in [1.807, 2.05) is 0 Å². The van der Waals surface area contributed by atoms with Crippen LogP contribution in [0.2, 0.25) is 0 Å². The minimum atomic E-state index is -4.27. The molecule has 0 radical (unpaired) electrons. The summed E-state index contributed by atoms with van der Waals surface area (Å²) >= 11 is 0. The number of sulfonamides is 1. The Labute approximate surface area is 144 Å². The number of benzene rings is 2. The van der Waals surface area contributed by atoms with E-state index in [4.69, 9.17) is 14.6 Å². The smallest absolute Gasteiger partial charge is 0.324 e. The fourth-order valence-corrected chi connectivity index (χ4v) is 3.60. The second-order valence-electron chi connectivity index (χ2n) is 4.90. The van der Waals surface area contributed by atoms with Crippen molar-refractivity contribution in [3.63, 3.8) is 0 Å². The predicted molar refractivity (Wildman–Crippen MR) is 88.1 cm³/mol. The largest absolute Gasteiger partial charge is 0.493 e. The molecule has 0 heterocycles. The van der Waals surface area contributed by atoms with Crippen LogP contribution in [0.3, 0.4) is 0 Å². The number of anilines is 1. The number of aliphatic carboxylic acids is 1. The van der Waals surface area contributed by atoms with Crippen molar-refractivity contribution in [2.24, 2.45) is 0 Å². The van der Waals surface area contributed by atoms with Crippen LogP contribution in [0.5, 0.6) is 11.5 Å². The SMILES string of the molecule is COc1ccc(S(=O)(=O)N(CC(=O)O)c2cccc(F)c2)cc1OC. The van der Waals surface area contributed by atoms with Crippen molar-refractivity contribution in [3.8, 4) is 11.5 Å². The highest BCUT2D eigenvalue weighted by molar-refractivity contribution is 7.92. The van der Waals surface area contributed by atoms with Crippen molar-refractivity contribution in [1.29, 1.82) is 0 Å². The lowest BCUT2D eigenvalue weighted by atomic mass is 10.3. The van der Waals surface area contributed by atoms with Gasteiger partial charge < -0.3 is 14.6 Å². The Morgan fingerprint density at radius 3 is 2.36 bits per heavy atom. The summed E-state index contributed by atoms with van der Waals surface area (Å²) in [5.74, 6) is -1.58. The summed E-state index contributed by atoms with van der Waals surface area (Å²) < 4.78 is 50.0. The van der Waals surface area contributed by atoms with Gasteiger partial charge in [-0.25, -0.2) is 12.8 Å². The maximum absolute atomic E-state index is 13.5. The lowest BCUT2D eigenvalue weighted by Crippen LogP contribution is -2.35. The van der Waals surface area contributed by atoms with Crippen LogP contribution in [0.1, 0.15) is 0 Å². The number of halogens is 1. The summed E-state index contributed by atoms with van der Waals surface area (Å²) in [7, 11) is -1.53. The van der Waals surface area contributed by atoms with Gasteiger partial charge in [0.2, 0.25) is 0 Å². The van der Waals surface area contributed by atoms with Crippen LogP contribution in [0.4, 0.5) is 10.1 Å². The lowest BCUT2D eigenvalue weighted by Gasteiger charge is -2.23. The van der Waals surface area contributed by atoms with Crippen molar-refractivity contribution in [2.75, 3.05) is 25.1 Å². The average molecular weight is 369 g/mol. The second kappa shape index (κ2) is 7.39. The number of hydrogen-bond donors (Lipinski definition) is 1. The van der Waals surface area contributed by atoms with Crippen LogP contribution in [0.15, 0.2) is 47.4 Å². The van der Waals surface area contributed by atoms with Gasteiger partial charge in [0.1, 0.15) is 12.4 Å². The van der Waals surface area contributed by atoms with Gasteiger partial charge in [-0.2, -0.15) is 0 Å². The Bertz CT molecular complexity index is 884. The number of hydrogen-bond acceptors (Lipinski definition) is 5. The van der Waals surface area contributed by atoms with Crippen LogP contribution < -0.4 is 13.8 Å². The van der Waals surface area contributed by atoms with Crippen LogP contribution in [-0.4, -0.2) is 40.3 Å². The van der Waals surface area contributed by atoms with E-state index < -0.39 is 28.4 Å². The summed E-state index contributed by atoms with van der Waals surface area (Å²) in [5, 5.41) is 9.06. The van der Waals surface area contributed by atoms with Crippen molar-refractivity contribution < 1.29 is 32.2 Å². The number of rotatable bonds is 7. The van der Waals surface area contributed by atoms with Gasteiger partial charge in [-0.3, -0.25) is 9.10 Å². The molecule has 0 aromatic heterocycles. The molecule has 2 rings (SSSR count). The van der Waals surface area contributed by atoms with Gasteiger partial charge in [0, 0.05) is 6.07 Å². The molecule has 0 atom stereocenters. The molecule has 2 aromatic carbocycles. The molecule has 0 aliphatic rings. The molecule has 25 heavy (non-hydrogen) atoms. The molecule has 0 amide bonds. The summed E-state index contributed by atoms with van der Waals surface area (Å²) in [6.07, 6.45) is 0. The molecule has 2 aromatic rings. The molecule has 0 saturated heterocycles. The molecule has 0 fully saturated rings. The minimum Gasteiger partial charge on any atom is -0.493 e. The number of carbonyl (C=O) groups is 1. The highest BCUT2D eigenvalue weighted by Gasteiger charge is 2.28. The first-order chi connectivity index (χ1) is 11.8. The highest BCUT2D eigenvalue weighted by Crippen LogP contribution is 2.32. The maximum atomic E-state index is 13.5. The zero-order valence-electron chi connectivity index (χ0n) is 13.5. The van der Waals surface area contributed by atoms with Gasteiger partial charge in [0.15, 0.2) is 11.5 Å². The predicted octanol–water partition coefficient (Wildman–Crippen LogP) is 2.12. The standard InChI is InChI=1S/C16H16FNO6S/c1-23-14-7-6-13(9-15(14)24-2)25(21,22)18(10-16(19)20)12-5-3-4-11(17)8-12/h3-9H,10H2,1-2H3,(H,19,20). The van der Waals surface area contributed by atoms with E-state index in [0.717, 1.165) is 12.1 Å². The van der Waals surface area contributed by atoms with Crippen LogP contribution in [-0.2, 0) is 14.8 Å².